The van der Waals surface area contributed by atoms with E-state index < -0.39 is 0 Å². The number of hydrogen-bond acceptors (Lipinski definition) is 4. The molecule has 0 bridgehead atoms. The van der Waals surface area contributed by atoms with E-state index in [2.05, 4.69) is 36.2 Å². The van der Waals surface area contributed by atoms with Gasteiger partial charge in [-0.2, -0.15) is 5.10 Å². The van der Waals surface area contributed by atoms with Gasteiger partial charge >= 0.3 is 0 Å². The second kappa shape index (κ2) is 7.91. The lowest BCUT2D eigenvalue weighted by Crippen LogP contribution is -2.38. The van der Waals surface area contributed by atoms with Gasteiger partial charge < -0.3 is 9.80 Å². The molecule has 2 aliphatic heterocycles. The number of aromatic nitrogens is 3. The molecule has 4 heterocycles. The van der Waals surface area contributed by atoms with E-state index in [0.717, 1.165) is 67.2 Å². The maximum atomic E-state index is 13.4. The summed E-state index contributed by atoms with van der Waals surface area (Å²) in [4.78, 5) is 22.8. The first-order chi connectivity index (χ1) is 15.7. The normalized spacial score (nSPS) is 21.5. The number of carbonyl (C=O) groups excluding carboxylic acids is 1. The highest BCUT2D eigenvalue weighted by Gasteiger charge is 2.31. The van der Waals surface area contributed by atoms with Crippen LogP contribution < -0.4 is 4.90 Å². The van der Waals surface area contributed by atoms with Crippen LogP contribution in [0.1, 0.15) is 84.1 Å². The number of rotatable bonds is 4. The Bertz CT molecular complexity index is 1140. The van der Waals surface area contributed by atoms with E-state index in [1.165, 1.54) is 31.2 Å². The fraction of sp³-hybridized carbons (Fsp3) is 0.500. The monoisotopic (exact) mass is 429 g/mol. The summed E-state index contributed by atoms with van der Waals surface area (Å²) in [6.45, 7) is 5.06. The molecule has 6 heteroatoms. The van der Waals surface area contributed by atoms with Crippen molar-refractivity contribution < 1.29 is 4.79 Å². The number of benzene rings is 1. The van der Waals surface area contributed by atoms with Gasteiger partial charge in [0, 0.05) is 43.0 Å². The van der Waals surface area contributed by atoms with E-state index in [1.54, 1.807) is 0 Å². The molecule has 6 nitrogen and oxygen atoms in total. The fourth-order valence-corrected chi connectivity index (χ4v) is 5.39. The number of carbonyl (C=O) groups is 1. The van der Waals surface area contributed by atoms with Crippen LogP contribution in [0, 0.1) is 6.92 Å². The van der Waals surface area contributed by atoms with Crippen molar-refractivity contribution in [3.05, 3.63) is 58.9 Å². The van der Waals surface area contributed by atoms with Crippen LogP contribution in [0.15, 0.2) is 36.5 Å². The van der Waals surface area contributed by atoms with E-state index >= 15 is 0 Å². The number of likely N-dealkylation sites (tertiary alicyclic amines) is 1. The van der Waals surface area contributed by atoms with E-state index in [9.17, 15) is 4.79 Å². The Hall–Kier alpha value is -2.89. The third kappa shape index (κ3) is 3.55. The molecule has 0 N–H and O–H groups in total. The lowest BCUT2D eigenvalue weighted by atomic mass is 9.98. The second-order valence-electron chi connectivity index (χ2n) is 9.72. The maximum absolute atomic E-state index is 13.4. The zero-order valence-corrected chi connectivity index (χ0v) is 18.8. The van der Waals surface area contributed by atoms with Gasteiger partial charge in [-0.15, -0.1) is 0 Å². The summed E-state index contributed by atoms with van der Waals surface area (Å²) in [6, 6.07) is 10.4. The summed E-state index contributed by atoms with van der Waals surface area (Å²) >= 11 is 0. The number of amides is 1. The van der Waals surface area contributed by atoms with Crippen molar-refractivity contribution in [3.63, 3.8) is 0 Å². The first-order valence-electron chi connectivity index (χ1n) is 12.2. The molecule has 3 fully saturated rings. The van der Waals surface area contributed by atoms with E-state index in [0.29, 0.717) is 5.92 Å². The number of piperidine rings is 1. The van der Waals surface area contributed by atoms with Crippen LogP contribution in [0.25, 0.3) is 5.65 Å². The molecule has 2 saturated heterocycles. The molecule has 1 amide bonds. The minimum Gasteiger partial charge on any atom is -0.356 e. The van der Waals surface area contributed by atoms with E-state index in [1.807, 2.05) is 21.5 Å². The molecule has 6 rings (SSSR count). The summed E-state index contributed by atoms with van der Waals surface area (Å²) in [6.07, 6.45) is 10.2. The predicted molar refractivity (Wildman–Crippen MR) is 125 cm³/mol. The van der Waals surface area contributed by atoms with Crippen LogP contribution >= 0.6 is 0 Å². The van der Waals surface area contributed by atoms with Crippen LogP contribution in [-0.4, -0.2) is 45.0 Å². The Balaban J connectivity index is 1.29. The van der Waals surface area contributed by atoms with Gasteiger partial charge in [-0.1, -0.05) is 12.1 Å². The van der Waals surface area contributed by atoms with Gasteiger partial charge in [-0.25, -0.2) is 9.50 Å². The molecule has 32 heavy (non-hydrogen) atoms. The minimum atomic E-state index is 0.0107. The fourth-order valence-electron chi connectivity index (χ4n) is 5.39. The zero-order valence-electron chi connectivity index (χ0n) is 18.8. The number of nitrogens with zero attached hydrogens (tertiary/aromatic N) is 5. The molecule has 1 saturated carbocycles. The Labute approximate surface area is 189 Å². The number of hydrogen-bond donors (Lipinski definition) is 0. The summed E-state index contributed by atoms with van der Waals surface area (Å²) in [5.74, 6) is 1.91. The largest absolute Gasteiger partial charge is 0.356 e. The molecule has 0 spiro atoms. The molecule has 0 unspecified atom stereocenters. The van der Waals surface area contributed by atoms with Crippen molar-refractivity contribution in [3.8, 4) is 0 Å². The number of fused-ring (bicyclic) bond motifs is 1. The van der Waals surface area contributed by atoms with Crippen molar-refractivity contribution in [2.24, 2.45) is 0 Å². The lowest BCUT2D eigenvalue weighted by molar-refractivity contribution is 0.0605. The van der Waals surface area contributed by atoms with Crippen molar-refractivity contribution >= 4 is 17.4 Å². The molecular weight excluding hydrogens is 398 g/mol. The zero-order chi connectivity index (χ0) is 21.7. The van der Waals surface area contributed by atoms with Gasteiger partial charge in [0.05, 0.1) is 11.7 Å². The molecule has 1 atom stereocenters. The molecule has 166 valence electrons. The summed E-state index contributed by atoms with van der Waals surface area (Å²) in [7, 11) is 0. The van der Waals surface area contributed by atoms with Crippen molar-refractivity contribution in [1.29, 1.82) is 0 Å². The van der Waals surface area contributed by atoms with Gasteiger partial charge in [0.15, 0.2) is 5.65 Å². The molecule has 0 radical (unpaired) electrons. The summed E-state index contributed by atoms with van der Waals surface area (Å²) in [5, 5.41) is 4.88. The summed E-state index contributed by atoms with van der Waals surface area (Å²) < 4.78 is 1.89. The lowest BCUT2D eigenvalue weighted by Gasteiger charge is -2.34. The molecule has 3 aromatic rings. The molecule has 3 aliphatic rings. The Morgan fingerprint density at radius 1 is 0.969 bits per heavy atom. The van der Waals surface area contributed by atoms with Crippen LogP contribution in [0.3, 0.4) is 0 Å². The number of aryl methyl sites for hydroxylation is 1. The van der Waals surface area contributed by atoms with Crippen LogP contribution in [0.4, 0.5) is 5.82 Å². The standard InChI is InChI=1S/C26H31N5O/c1-18-17-31-24(27-25(18)29-13-4-5-14-29)16-22(28-31)23-6-2-3-15-30(23)26(32)21-11-9-20(10-12-21)19-7-8-19/h9-12,16-17,19,23H,2-8,13-15H2,1H3/t23-/m0/s1. The molecular formula is C26H31N5O. The first kappa shape index (κ1) is 19.8. The van der Waals surface area contributed by atoms with Gasteiger partial charge in [0.1, 0.15) is 5.82 Å². The highest BCUT2D eigenvalue weighted by molar-refractivity contribution is 5.94. The third-order valence-corrected chi connectivity index (χ3v) is 7.34. The maximum Gasteiger partial charge on any atom is 0.254 e. The SMILES string of the molecule is Cc1cn2nc([C@@H]3CCCCN3C(=O)c3ccc(C4CC4)cc3)cc2nc1N1CCCC1. The first-order valence-corrected chi connectivity index (χ1v) is 12.2. The highest BCUT2D eigenvalue weighted by atomic mass is 16.2. The highest BCUT2D eigenvalue weighted by Crippen LogP contribution is 2.40. The quantitative estimate of drug-likeness (QED) is 0.593. The van der Waals surface area contributed by atoms with Gasteiger partial charge in [0.25, 0.3) is 5.91 Å². The summed E-state index contributed by atoms with van der Waals surface area (Å²) in [5.41, 5.74) is 5.14. The van der Waals surface area contributed by atoms with Crippen molar-refractivity contribution in [2.75, 3.05) is 24.5 Å². The Kier molecular flexibility index (Phi) is 4.89. The third-order valence-electron chi connectivity index (χ3n) is 7.34. The second-order valence-corrected chi connectivity index (χ2v) is 9.72. The topological polar surface area (TPSA) is 53.7 Å². The van der Waals surface area contributed by atoms with Gasteiger partial charge in [0.2, 0.25) is 0 Å². The average molecular weight is 430 g/mol. The molecule has 1 aliphatic carbocycles. The molecule has 2 aromatic heterocycles. The van der Waals surface area contributed by atoms with Gasteiger partial charge in [-0.3, -0.25) is 4.79 Å². The Morgan fingerprint density at radius 3 is 2.47 bits per heavy atom. The van der Waals surface area contributed by atoms with Crippen LogP contribution in [0.2, 0.25) is 0 Å². The van der Waals surface area contributed by atoms with E-state index in [-0.39, 0.29) is 11.9 Å². The van der Waals surface area contributed by atoms with Crippen LogP contribution in [-0.2, 0) is 0 Å². The van der Waals surface area contributed by atoms with Crippen molar-refractivity contribution in [1.82, 2.24) is 19.5 Å². The van der Waals surface area contributed by atoms with E-state index in [4.69, 9.17) is 10.1 Å². The van der Waals surface area contributed by atoms with Crippen molar-refractivity contribution in [2.45, 2.75) is 63.8 Å². The predicted octanol–water partition coefficient (Wildman–Crippen LogP) is 4.88. The minimum absolute atomic E-state index is 0.0107. The molecule has 1 aromatic carbocycles. The number of anilines is 1. The Morgan fingerprint density at radius 2 is 1.72 bits per heavy atom. The van der Waals surface area contributed by atoms with Crippen LogP contribution in [0.5, 0.6) is 0 Å². The average Bonchev–Trinajstić information content (AvgIpc) is 3.37. The van der Waals surface area contributed by atoms with Gasteiger partial charge in [-0.05, 0) is 75.5 Å². The smallest absolute Gasteiger partial charge is 0.254 e.